The van der Waals surface area contributed by atoms with Crippen molar-refractivity contribution < 1.29 is 0 Å². The minimum Gasteiger partial charge on any atom is -0.316 e. The van der Waals surface area contributed by atoms with Crippen molar-refractivity contribution in [3.63, 3.8) is 0 Å². The molecular weight excluding hydrogens is 318 g/mol. The third-order valence-corrected chi connectivity index (χ3v) is 5.00. The molecule has 1 atom stereocenters. The monoisotopic (exact) mass is 337 g/mol. The molecule has 1 aliphatic heterocycles. The molecule has 4 rings (SSSR count). The normalized spacial score (nSPS) is 17.1. The van der Waals surface area contributed by atoms with Crippen molar-refractivity contribution in [1.82, 2.24) is 20.3 Å². The van der Waals surface area contributed by atoms with E-state index in [0.29, 0.717) is 0 Å². The van der Waals surface area contributed by atoms with Crippen molar-refractivity contribution in [2.24, 2.45) is 0 Å². The Kier molecular flexibility index (Phi) is 4.23. The van der Waals surface area contributed by atoms with Gasteiger partial charge in [-0.05, 0) is 31.9 Å². The molecule has 24 heavy (non-hydrogen) atoms. The first-order valence-corrected chi connectivity index (χ1v) is 8.97. The first kappa shape index (κ1) is 15.2. The quantitative estimate of drug-likeness (QED) is 0.751. The predicted molar refractivity (Wildman–Crippen MR) is 97.6 cm³/mol. The lowest BCUT2D eigenvalue weighted by Crippen LogP contribution is -2.16. The molecule has 3 heterocycles. The fourth-order valence-corrected chi connectivity index (χ4v) is 3.72. The van der Waals surface area contributed by atoms with Gasteiger partial charge in [-0.1, -0.05) is 41.7 Å². The summed E-state index contributed by atoms with van der Waals surface area (Å²) in [6, 6.07) is 12.5. The van der Waals surface area contributed by atoms with E-state index >= 15 is 0 Å². The summed E-state index contributed by atoms with van der Waals surface area (Å²) >= 11 is 1.63. The van der Waals surface area contributed by atoms with Crippen LogP contribution in [0.2, 0.25) is 0 Å². The van der Waals surface area contributed by atoms with Crippen molar-refractivity contribution in [1.29, 1.82) is 0 Å². The van der Waals surface area contributed by atoms with Gasteiger partial charge >= 0.3 is 0 Å². The number of thiazole rings is 1. The molecule has 1 fully saturated rings. The van der Waals surface area contributed by atoms with Crippen molar-refractivity contribution in [3.8, 4) is 10.4 Å². The van der Waals surface area contributed by atoms with E-state index < -0.39 is 0 Å². The fourth-order valence-electron chi connectivity index (χ4n) is 2.89. The van der Waals surface area contributed by atoms with E-state index in [9.17, 15) is 0 Å². The summed E-state index contributed by atoms with van der Waals surface area (Å²) in [5.74, 6) is 1.68. The van der Waals surface area contributed by atoms with Gasteiger partial charge in [-0.3, -0.25) is 0 Å². The van der Waals surface area contributed by atoms with Gasteiger partial charge < -0.3 is 10.6 Å². The minimum atomic E-state index is 0.265. The molecule has 0 bridgehead atoms. The van der Waals surface area contributed by atoms with Crippen LogP contribution < -0.4 is 10.6 Å². The number of rotatable bonds is 4. The minimum absolute atomic E-state index is 0.265. The van der Waals surface area contributed by atoms with Gasteiger partial charge in [0.15, 0.2) is 5.13 Å². The van der Waals surface area contributed by atoms with Crippen LogP contribution in [0.25, 0.3) is 10.4 Å². The van der Waals surface area contributed by atoms with Gasteiger partial charge in [-0.15, -0.1) is 0 Å². The lowest BCUT2D eigenvalue weighted by atomic mass is 10.2. The van der Waals surface area contributed by atoms with Crippen LogP contribution in [-0.4, -0.2) is 21.5 Å². The van der Waals surface area contributed by atoms with E-state index in [4.69, 9.17) is 0 Å². The van der Waals surface area contributed by atoms with Crippen LogP contribution in [0.3, 0.4) is 0 Å². The maximum absolute atomic E-state index is 4.67. The number of benzene rings is 1. The summed E-state index contributed by atoms with van der Waals surface area (Å²) in [5.41, 5.74) is 2.15. The second-order valence-corrected chi connectivity index (χ2v) is 6.95. The average Bonchev–Trinajstić information content (AvgIpc) is 3.27. The standard InChI is InChI=1S/C18H19N5S/c1-12-10-16(22-17(21-12)14-8-5-9-19-14)23-18-20-11-15(24-18)13-6-3-2-4-7-13/h2-4,6-7,10-11,14,19H,5,8-9H2,1H3,(H,20,21,22,23). The average molecular weight is 337 g/mol. The third-order valence-electron chi connectivity index (χ3n) is 4.04. The second-order valence-electron chi connectivity index (χ2n) is 5.92. The predicted octanol–water partition coefficient (Wildman–Crippen LogP) is 4.08. The van der Waals surface area contributed by atoms with Gasteiger partial charge in [0.25, 0.3) is 0 Å². The zero-order valence-corrected chi connectivity index (χ0v) is 14.3. The number of nitrogens with one attached hydrogen (secondary N) is 2. The van der Waals surface area contributed by atoms with Gasteiger partial charge in [-0.25, -0.2) is 15.0 Å². The molecule has 122 valence electrons. The van der Waals surface area contributed by atoms with Gasteiger partial charge in [0.05, 0.1) is 10.9 Å². The third kappa shape index (κ3) is 3.29. The number of aryl methyl sites for hydroxylation is 1. The van der Waals surface area contributed by atoms with Gasteiger partial charge in [0, 0.05) is 18.0 Å². The van der Waals surface area contributed by atoms with Crippen molar-refractivity contribution >= 4 is 22.3 Å². The van der Waals surface area contributed by atoms with Crippen LogP contribution in [-0.2, 0) is 0 Å². The Morgan fingerprint density at radius 2 is 2.08 bits per heavy atom. The summed E-state index contributed by atoms with van der Waals surface area (Å²) in [5, 5.41) is 7.62. The number of hydrogen-bond donors (Lipinski definition) is 2. The highest BCUT2D eigenvalue weighted by Crippen LogP contribution is 2.30. The van der Waals surface area contributed by atoms with Crippen LogP contribution in [0.5, 0.6) is 0 Å². The summed E-state index contributed by atoms with van der Waals surface area (Å²) in [7, 11) is 0. The van der Waals surface area contributed by atoms with Crippen molar-refractivity contribution in [2.45, 2.75) is 25.8 Å². The van der Waals surface area contributed by atoms with Crippen molar-refractivity contribution in [2.75, 3.05) is 11.9 Å². The molecular formula is C18H19N5S. The van der Waals surface area contributed by atoms with Crippen LogP contribution >= 0.6 is 11.3 Å². The Morgan fingerprint density at radius 1 is 1.21 bits per heavy atom. The number of anilines is 2. The lowest BCUT2D eigenvalue weighted by Gasteiger charge is -2.11. The molecule has 0 saturated carbocycles. The Bertz CT molecular complexity index is 824. The topological polar surface area (TPSA) is 62.7 Å². The highest BCUT2D eigenvalue weighted by atomic mass is 32.1. The van der Waals surface area contributed by atoms with Gasteiger partial charge in [0.2, 0.25) is 0 Å². The molecule has 2 aromatic heterocycles. The molecule has 0 radical (unpaired) electrons. The van der Waals surface area contributed by atoms with E-state index in [1.165, 1.54) is 12.0 Å². The molecule has 5 nitrogen and oxygen atoms in total. The first-order chi connectivity index (χ1) is 11.8. The molecule has 2 N–H and O–H groups in total. The fraction of sp³-hybridized carbons (Fsp3) is 0.278. The molecule has 1 unspecified atom stereocenters. The lowest BCUT2D eigenvalue weighted by molar-refractivity contribution is 0.603. The highest BCUT2D eigenvalue weighted by molar-refractivity contribution is 7.18. The number of hydrogen-bond acceptors (Lipinski definition) is 6. The molecule has 0 amide bonds. The molecule has 1 aromatic carbocycles. The van der Waals surface area contributed by atoms with E-state index in [1.807, 2.05) is 37.4 Å². The van der Waals surface area contributed by atoms with E-state index in [2.05, 4.69) is 37.7 Å². The van der Waals surface area contributed by atoms with E-state index in [-0.39, 0.29) is 6.04 Å². The highest BCUT2D eigenvalue weighted by Gasteiger charge is 2.19. The second kappa shape index (κ2) is 6.67. The SMILES string of the molecule is Cc1cc(Nc2ncc(-c3ccccc3)s2)nc(C2CCCN2)n1. The number of aromatic nitrogens is 3. The van der Waals surface area contributed by atoms with Gasteiger partial charge in [-0.2, -0.15) is 0 Å². The van der Waals surface area contributed by atoms with Gasteiger partial charge in [0.1, 0.15) is 11.6 Å². The summed E-state index contributed by atoms with van der Waals surface area (Å²) < 4.78 is 0. The van der Waals surface area contributed by atoms with E-state index in [0.717, 1.165) is 40.3 Å². The molecule has 1 aliphatic rings. The maximum Gasteiger partial charge on any atom is 0.188 e. The van der Waals surface area contributed by atoms with Crippen LogP contribution in [0.1, 0.15) is 30.4 Å². The zero-order valence-electron chi connectivity index (χ0n) is 13.5. The summed E-state index contributed by atoms with van der Waals surface area (Å²) in [6.07, 6.45) is 4.17. The summed E-state index contributed by atoms with van der Waals surface area (Å²) in [6.45, 7) is 3.04. The largest absolute Gasteiger partial charge is 0.316 e. The Hall–Kier alpha value is -2.31. The molecule has 0 aliphatic carbocycles. The first-order valence-electron chi connectivity index (χ1n) is 8.15. The van der Waals surface area contributed by atoms with Crippen molar-refractivity contribution in [3.05, 3.63) is 54.1 Å². The molecule has 0 spiro atoms. The van der Waals surface area contributed by atoms with Crippen LogP contribution in [0.15, 0.2) is 42.6 Å². The Labute approximate surface area is 145 Å². The summed E-state index contributed by atoms with van der Waals surface area (Å²) in [4.78, 5) is 14.9. The van der Waals surface area contributed by atoms with Crippen LogP contribution in [0.4, 0.5) is 10.9 Å². The smallest absolute Gasteiger partial charge is 0.188 e. The number of nitrogens with zero attached hydrogens (tertiary/aromatic N) is 3. The zero-order chi connectivity index (χ0) is 16.4. The molecule has 1 saturated heterocycles. The van der Waals surface area contributed by atoms with E-state index in [1.54, 1.807) is 11.3 Å². The molecule has 6 heteroatoms. The Morgan fingerprint density at radius 3 is 2.88 bits per heavy atom. The maximum atomic E-state index is 4.67. The Balaban J connectivity index is 1.56. The molecule has 3 aromatic rings. The van der Waals surface area contributed by atoms with Crippen LogP contribution in [0, 0.1) is 6.92 Å².